The third-order valence-electron chi connectivity index (χ3n) is 2.22. The molecule has 0 fully saturated rings. The Balaban J connectivity index is 0.00000144. The fourth-order valence-corrected chi connectivity index (χ4v) is 2.41. The van der Waals surface area contributed by atoms with Gasteiger partial charge in [0.15, 0.2) is 0 Å². The van der Waals surface area contributed by atoms with Gasteiger partial charge in [-0.15, -0.1) is 23.7 Å². The number of benzene rings is 1. The minimum atomic E-state index is 0. The first-order valence-electron chi connectivity index (χ1n) is 5.20. The molecule has 0 unspecified atom stereocenters. The van der Waals surface area contributed by atoms with E-state index in [1.807, 2.05) is 12.1 Å². The summed E-state index contributed by atoms with van der Waals surface area (Å²) in [5, 5.41) is 6.52. The van der Waals surface area contributed by atoms with Crippen LogP contribution in [0.2, 0.25) is 0 Å². The molecule has 92 valence electrons. The van der Waals surface area contributed by atoms with Gasteiger partial charge in [-0.1, -0.05) is 35.0 Å². The Labute approximate surface area is 120 Å². The summed E-state index contributed by atoms with van der Waals surface area (Å²) in [5.41, 5.74) is 2.23. The summed E-state index contributed by atoms with van der Waals surface area (Å²) in [6, 6.07) is 8.24. The van der Waals surface area contributed by atoms with Crippen molar-refractivity contribution in [3.63, 3.8) is 0 Å². The number of thiazole rings is 1. The van der Waals surface area contributed by atoms with Gasteiger partial charge >= 0.3 is 0 Å². The third-order valence-corrected chi connectivity index (χ3v) is 3.60. The first-order chi connectivity index (χ1) is 7.79. The summed E-state index contributed by atoms with van der Waals surface area (Å²) in [7, 11) is 0. The van der Waals surface area contributed by atoms with Crippen LogP contribution in [0.25, 0.3) is 11.3 Å². The van der Waals surface area contributed by atoms with Crippen LogP contribution in [0.1, 0.15) is 11.9 Å². The molecule has 2 rings (SSSR count). The second-order valence-corrected chi connectivity index (χ2v) is 5.27. The molecule has 0 amide bonds. The fraction of sp³-hybridized carbons (Fsp3) is 0.250. The minimum absolute atomic E-state index is 0. The molecule has 1 N–H and O–H groups in total. The lowest BCUT2D eigenvalue weighted by Crippen LogP contribution is -2.11. The normalized spacial score (nSPS) is 10.0. The van der Waals surface area contributed by atoms with Crippen LogP contribution in [0.4, 0.5) is 0 Å². The van der Waals surface area contributed by atoms with Crippen molar-refractivity contribution in [3.05, 3.63) is 39.1 Å². The van der Waals surface area contributed by atoms with Crippen molar-refractivity contribution in [2.75, 3.05) is 6.54 Å². The van der Waals surface area contributed by atoms with Crippen molar-refractivity contribution in [1.82, 2.24) is 10.3 Å². The van der Waals surface area contributed by atoms with E-state index in [1.165, 1.54) is 5.56 Å². The summed E-state index contributed by atoms with van der Waals surface area (Å²) >= 11 is 5.13. The highest BCUT2D eigenvalue weighted by Gasteiger charge is 2.03. The maximum absolute atomic E-state index is 4.59. The zero-order valence-corrected chi connectivity index (χ0v) is 12.7. The number of hydrogen-bond acceptors (Lipinski definition) is 3. The summed E-state index contributed by atoms with van der Waals surface area (Å²) < 4.78 is 1.10. The van der Waals surface area contributed by atoms with Crippen LogP contribution < -0.4 is 5.32 Å². The van der Waals surface area contributed by atoms with Gasteiger partial charge in [-0.2, -0.15) is 0 Å². The molecule has 1 aromatic heterocycles. The second-order valence-electron chi connectivity index (χ2n) is 3.41. The molecule has 0 radical (unpaired) electrons. The SMILES string of the molecule is CCNCc1nc(-c2ccc(Br)cc2)cs1.Cl. The predicted molar refractivity (Wildman–Crippen MR) is 79.9 cm³/mol. The summed E-state index contributed by atoms with van der Waals surface area (Å²) in [4.78, 5) is 4.59. The van der Waals surface area contributed by atoms with Gasteiger partial charge in [-0.05, 0) is 18.7 Å². The molecule has 0 bridgehead atoms. The van der Waals surface area contributed by atoms with Gasteiger partial charge in [0.2, 0.25) is 0 Å². The Morgan fingerprint density at radius 1 is 1.29 bits per heavy atom. The van der Waals surface area contributed by atoms with Gasteiger partial charge in [0.25, 0.3) is 0 Å². The van der Waals surface area contributed by atoms with Crippen LogP contribution in [0, 0.1) is 0 Å². The molecular formula is C12H14BrClN2S. The number of hydrogen-bond donors (Lipinski definition) is 1. The van der Waals surface area contributed by atoms with Gasteiger partial charge in [0.1, 0.15) is 5.01 Å². The van der Waals surface area contributed by atoms with Gasteiger partial charge < -0.3 is 5.32 Å². The monoisotopic (exact) mass is 332 g/mol. The van der Waals surface area contributed by atoms with Crippen molar-refractivity contribution >= 4 is 39.7 Å². The van der Waals surface area contributed by atoms with Crippen molar-refractivity contribution in [1.29, 1.82) is 0 Å². The molecule has 0 saturated heterocycles. The lowest BCUT2D eigenvalue weighted by Gasteiger charge is -1.97. The Morgan fingerprint density at radius 3 is 2.65 bits per heavy atom. The molecule has 0 atom stereocenters. The van der Waals surface area contributed by atoms with Crippen LogP contribution in [0.15, 0.2) is 34.1 Å². The number of aromatic nitrogens is 1. The van der Waals surface area contributed by atoms with Gasteiger partial charge in [-0.3, -0.25) is 0 Å². The van der Waals surface area contributed by atoms with Crippen molar-refractivity contribution in [3.8, 4) is 11.3 Å². The number of rotatable bonds is 4. The smallest absolute Gasteiger partial charge is 0.107 e. The molecule has 17 heavy (non-hydrogen) atoms. The quantitative estimate of drug-likeness (QED) is 0.911. The predicted octanol–water partition coefficient (Wildman–Crippen LogP) is 4.10. The highest BCUT2D eigenvalue weighted by molar-refractivity contribution is 9.10. The summed E-state index contributed by atoms with van der Waals surface area (Å²) in [5.74, 6) is 0. The Morgan fingerprint density at radius 2 is 2.00 bits per heavy atom. The van der Waals surface area contributed by atoms with Crippen LogP contribution in [-0.2, 0) is 6.54 Å². The van der Waals surface area contributed by atoms with E-state index in [2.05, 4.69) is 50.7 Å². The van der Waals surface area contributed by atoms with E-state index in [-0.39, 0.29) is 12.4 Å². The van der Waals surface area contributed by atoms with Crippen molar-refractivity contribution in [2.45, 2.75) is 13.5 Å². The Kier molecular flexibility index (Phi) is 6.12. The molecule has 0 saturated carbocycles. The molecule has 2 aromatic rings. The molecule has 2 nitrogen and oxygen atoms in total. The zero-order valence-electron chi connectivity index (χ0n) is 9.44. The molecule has 5 heteroatoms. The fourth-order valence-electron chi connectivity index (χ4n) is 1.38. The molecule has 0 aliphatic heterocycles. The van der Waals surface area contributed by atoms with Gasteiger partial charge in [0, 0.05) is 22.0 Å². The van der Waals surface area contributed by atoms with Crippen molar-refractivity contribution in [2.24, 2.45) is 0 Å². The van der Waals surface area contributed by atoms with E-state index in [0.717, 1.165) is 28.3 Å². The average Bonchev–Trinajstić information content (AvgIpc) is 2.76. The maximum atomic E-state index is 4.59. The zero-order chi connectivity index (χ0) is 11.4. The van der Waals surface area contributed by atoms with Crippen molar-refractivity contribution < 1.29 is 0 Å². The summed E-state index contributed by atoms with van der Waals surface area (Å²) in [6.45, 7) is 3.94. The number of nitrogens with one attached hydrogen (secondary N) is 1. The Bertz CT molecular complexity index is 456. The van der Waals surface area contributed by atoms with Crippen LogP contribution in [0.5, 0.6) is 0 Å². The maximum Gasteiger partial charge on any atom is 0.107 e. The highest BCUT2D eigenvalue weighted by atomic mass is 79.9. The second kappa shape index (κ2) is 7.11. The van der Waals surface area contributed by atoms with E-state index < -0.39 is 0 Å². The first-order valence-corrected chi connectivity index (χ1v) is 6.88. The molecule has 1 heterocycles. The van der Waals surface area contributed by atoms with Crippen LogP contribution >= 0.6 is 39.7 Å². The van der Waals surface area contributed by atoms with E-state index in [1.54, 1.807) is 11.3 Å². The number of nitrogens with zero attached hydrogens (tertiary/aromatic N) is 1. The molecule has 0 aliphatic rings. The lowest BCUT2D eigenvalue weighted by atomic mass is 10.2. The Hall–Kier alpha value is -0.420. The van der Waals surface area contributed by atoms with E-state index >= 15 is 0 Å². The summed E-state index contributed by atoms with van der Waals surface area (Å²) in [6.07, 6.45) is 0. The average molecular weight is 334 g/mol. The topological polar surface area (TPSA) is 24.9 Å². The van der Waals surface area contributed by atoms with E-state index in [4.69, 9.17) is 0 Å². The minimum Gasteiger partial charge on any atom is -0.311 e. The van der Waals surface area contributed by atoms with Gasteiger partial charge in [0.05, 0.1) is 5.69 Å². The highest BCUT2D eigenvalue weighted by Crippen LogP contribution is 2.23. The molecular weight excluding hydrogens is 320 g/mol. The number of halogens is 2. The molecule has 0 aliphatic carbocycles. The third kappa shape index (κ3) is 4.07. The largest absolute Gasteiger partial charge is 0.311 e. The molecule has 0 spiro atoms. The van der Waals surface area contributed by atoms with Crippen LogP contribution in [-0.4, -0.2) is 11.5 Å². The first kappa shape index (κ1) is 14.6. The molecule has 1 aromatic carbocycles. The standard InChI is InChI=1S/C12H13BrN2S.ClH/c1-2-14-7-12-15-11(8-16-12)9-3-5-10(13)6-4-9;/h3-6,8,14H,2,7H2,1H3;1H. The lowest BCUT2D eigenvalue weighted by molar-refractivity contribution is 0.723. The van der Waals surface area contributed by atoms with Gasteiger partial charge in [-0.25, -0.2) is 4.98 Å². The van der Waals surface area contributed by atoms with E-state index in [0.29, 0.717) is 0 Å². The van der Waals surface area contributed by atoms with E-state index in [9.17, 15) is 0 Å². The van der Waals surface area contributed by atoms with Crippen LogP contribution in [0.3, 0.4) is 0 Å².